The van der Waals surface area contributed by atoms with E-state index in [9.17, 15) is 0 Å². The lowest BCUT2D eigenvalue weighted by Gasteiger charge is -2.00. The molecule has 0 atom stereocenters. The van der Waals surface area contributed by atoms with Gasteiger partial charge >= 0.3 is 0 Å². The smallest absolute Gasteiger partial charge is 0.129 e. The van der Waals surface area contributed by atoms with Gasteiger partial charge in [-0.2, -0.15) is 5.10 Å². The van der Waals surface area contributed by atoms with Crippen molar-refractivity contribution < 1.29 is 0 Å². The second-order valence-electron chi connectivity index (χ2n) is 2.40. The van der Waals surface area contributed by atoms with E-state index in [1.165, 1.54) is 0 Å². The number of halogens is 2. The van der Waals surface area contributed by atoms with Gasteiger partial charge in [-0.3, -0.25) is 4.68 Å². The van der Waals surface area contributed by atoms with Gasteiger partial charge < -0.3 is 0 Å². The number of nitrogens with zero attached hydrogens (tertiary/aromatic N) is 2. The van der Waals surface area contributed by atoms with Crippen LogP contribution in [0.4, 0.5) is 0 Å². The summed E-state index contributed by atoms with van der Waals surface area (Å²) in [6.07, 6.45) is 0. The Morgan fingerprint density at radius 2 is 2.36 bits per heavy atom. The average molecular weight is 280 g/mol. The van der Waals surface area contributed by atoms with Crippen molar-refractivity contribution in [3.63, 3.8) is 0 Å². The van der Waals surface area contributed by atoms with Crippen LogP contribution in [0.3, 0.4) is 0 Å². The first-order valence-electron chi connectivity index (χ1n) is 3.13. The van der Waals surface area contributed by atoms with Crippen LogP contribution < -0.4 is 0 Å². The van der Waals surface area contributed by atoms with Gasteiger partial charge in [-0.15, -0.1) is 0 Å². The summed E-state index contributed by atoms with van der Waals surface area (Å²) in [6.45, 7) is 6.53. The second kappa shape index (κ2) is 3.54. The number of rotatable bonds is 2. The maximum absolute atomic E-state index is 4.18. The van der Waals surface area contributed by atoms with E-state index in [4.69, 9.17) is 0 Å². The van der Waals surface area contributed by atoms with E-state index in [-0.39, 0.29) is 0 Å². The zero-order valence-electron chi connectivity index (χ0n) is 6.14. The summed E-state index contributed by atoms with van der Waals surface area (Å²) < 4.78 is 3.64. The number of hydrogen-bond acceptors (Lipinski definition) is 1. The highest BCUT2D eigenvalue weighted by Crippen LogP contribution is 2.16. The van der Waals surface area contributed by atoms with Crippen molar-refractivity contribution >= 4 is 31.9 Å². The first-order chi connectivity index (χ1) is 5.09. The van der Waals surface area contributed by atoms with Crippen molar-refractivity contribution in [3.05, 3.63) is 27.4 Å². The van der Waals surface area contributed by atoms with Crippen molar-refractivity contribution in [2.45, 2.75) is 13.5 Å². The van der Waals surface area contributed by atoms with Crippen molar-refractivity contribution in [3.8, 4) is 0 Å². The Balaban J connectivity index is 2.85. The molecule has 0 aliphatic rings. The minimum atomic E-state index is 0.756. The van der Waals surface area contributed by atoms with Crippen LogP contribution in [0.15, 0.2) is 27.4 Å². The molecule has 0 aromatic carbocycles. The molecule has 0 radical (unpaired) electrons. The van der Waals surface area contributed by atoms with Crippen LogP contribution in [0.25, 0.3) is 0 Å². The van der Waals surface area contributed by atoms with E-state index >= 15 is 0 Å². The summed E-state index contributed by atoms with van der Waals surface area (Å²) in [4.78, 5) is 0. The number of hydrogen-bond donors (Lipinski definition) is 0. The number of aromatic nitrogens is 2. The highest BCUT2D eigenvalue weighted by molar-refractivity contribution is 9.11. The molecule has 0 aliphatic heterocycles. The molecule has 0 saturated heterocycles. The lowest BCUT2D eigenvalue weighted by atomic mass is 10.4. The molecule has 11 heavy (non-hydrogen) atoms. The fraction of sp³-hybridized carbons (Fsp3) is 0.286. The van der Waals surface area contributed by atoms with E-state index in [0.29, 0.717) is 0 Å². The lowest BCUT2D eigenvalue weighted by Crippen LogP contribution is -2.00. The van der Waals surface area contributed by atoms with E-state index in [0.717, 1.165) is 21.3 Å². The quantitative estimate of drug-likeness (QED) is 0.761. The van der Waals surface area contributed by atoms with Gasteiger partial charge in [0.15, 0.2) is 0 Å². The molecule has 0 bridgehead atoms. The van der Waals surface area contributed by atoms with E-state index in [1.54, 1.807) is 0 Å². The standard InChI is InChI=1S/C7H8Br2N2/c1-5(2)4-11-7(9)3-6(8)10-11/h3H,1,4H2,2H3. The Labute approximate surface area is 82.5 Å². The van der Waals surface area contributed by atoms with Gasteiger partial charge in [0, 0.05) is 6.07 Å². The van der Waals surface area contributed by atoms with Gasteiger partial charge in [-0.1, -0.05) is 12.2 Å². The topological polar surface area (TPSA) is 17.8 Å². The van der Waals surface area contributed by atoms with Crippen molar-refractivity contribution in [1.82, 2.24) is 9.78 Å². The minimum Gasteiger partial charge on any atom is -0.253 e. The zero-order valence-corrected chi connectivity index (χ0v) is 9.31. The maximum Gasteiger partial charge on any atom is 0.129 e. The van der Waals surface area contributed by atoms with Crippen LogP contribution in [-0.2, 0) is 6.54 Å². The maximum atomic E-state index is 4.18. The molecule has 2 nitrogen and oxygen atoms in total. The van der Waals surface area contributed by atoms with Gasteiger partial charge in [0.05, 0.1) is 6.54 Å². The fourth-order valence-electron chi connectivity index (χ4n) is 0.731. The largest absolute Gasteiger partial charge is 0.253 e. The summed E-state index contributed by atoms with van der Waals surface area (Å²) in [5.41, 5.74) is 1.08. The molecule has 0 N–H and O–H groups in total. The predicted octanol–water partition coefficient (Wildman–Crippen LogP) is 2.98. The first-order valence-corrected chi connectivity index (χ1v) is 4.71. The van der Waals surface area contributed by atoms with E-state index in [2.05, 4.69) is 43.5 Å². The fourth-order valence-corrected chi connectivity index (χ4v) is 1.87. The SMILES string of the molecule is C=C(C)Cn1nc(Br)cc1Br. The van der Waals surface area contributed by atoms with Crippen LogP contribution in [0.5, 0.6) is 0 Å². The Kier molecular flexibility index (Phi) is 2.90. The predicted molar refractivity (Wildman–Crippen MR) is 52.4 cm³/mol. The van der Waals surface area contributed by atoms with Gasteiger partial charge in [0.25, 0.3) is 0 Å². The molecule has 60 valence electrons. The van der Waals surface area contributed by atoms with Crippen molar-refractivity contribution in [2.24, 2.45) is 0 Å². The summed E-state index contributed by atoms with van der Waals surface area (Å²) in [6, 6.07) is 1.91. The van der Waals surface area contributed by atoms with Crippen LogP contribution >= 0.6 is 31.9 Å². The molecule has 0 spiro atoms. The van der Waals surface area contributed by atoms with Crippen molar-refractivity contribution in [2.75, 3.05) is 0 Å². The molecule has 0 amide bonds. The van der Waals surface area contributed by atoms with Crippen LogP contribution in [0.2, 0.25) is 0 Å². The van der Waals surface area contributed by atoms with Gasteiger partial charge in [0.1, 0.15) is 9.21 Å². The molecular weight excluding hydrogens is 272 g/mol. The lowest BCUT2D eigenvalue weighted by molar-refractivity contribution is 0.660. The Bertz CT molecular complexity index is 278. The summed E-state index contributed by atoms with van der Waals surface area (Å²) in [5.74, 6) is 0. The summed E-state index contributed by atoms with van der Waals surface area (Å²) in [7, 11) is 0. The van der Waals surface area contributed by atoms with E-state index < -0.39 is 0 Å². The third-order valence-electron chi connectivity index (χ3n) is 1.12. The zero-order chi connectivity index (χ0) is 8.43. The third-order valence-corrected chi connectivity index (χ3v) is 2.15. The minimum absolute atomic E-state index is 0.756. The van der Waals surface area contributed by atoms with Gasteiger partial charge in [-0.05, 0) is 38.8 Å². The molecule has 4 heteroatoms. The average Bonchev–Trinajstić information content (AvgIpc) is 2.09. The van der Waals surface area contributed by atoms with Crippen LogP contribution in [0.1, 0.15) is 6.92 Å². The molecule has 0 aliphatic carbocycles. The van der Waals surface area contributed by atoms with E-state index in [1.807, 2.05) is 17.7 Å². The molecule has 0 unspecified atom stereocenters. The highest BCUT2D eigenvalue weighted by atomic mass is 79.9. The molecule has 1 aromatic rings. The normalized spacial score (nSPS) is 10.1. The van der Waals surface area contributed by atoms with Crippen LogP contribution in [0, 0.1) is 0 Å². The monoisotopic (exact) mass is 278 g/mol. The summed E-state index contributed by atoms with van der Waals surface area (Å²) >= 11 is 6.66. The highest BCUT2D eigenvalue weighted by Gasteiger charge is 2.01. The summed E-state index contributed by atoms with van der Waals surface area (Å²) in [5, 5.41) is 4.18. The molecular formula is C7H8Br2N2. The molecule has 1 rings (SSSR count). The van der Waals surface area contributed by atoms with Gasteiger partial charge in [-0.25, -0.2) is 0 Å². The number of allylic oxidation sites excluding steroid dienone is 1. The molecule has 0 fully saturated rings. The molecule has 1 aromatic heterocycles. The van der Waals surface area contributed by atoms with Gasteiger partial charge in [0.2, 0.25) is 0 Å². The van der Waals surface area contributed by atoms with Crippen LogP contribution in [-0.4, -0.2) is 9.78 Å². The van der Waals surface area contributed by atoms with Crippen molar-refractivity contribution in [1.29, 1.82) is 0 Å². The third kappa shape index (κ3) is 2.45. The first kappa shape index (κ1) is 9.00. The molecule has 1 heterocycles. The Morgan fingerprint density at radius 1 is 1.73 bits per heavy atom. The second-order valence-corrected chi connectivity index (χ2v) is 4.03. The Morgan fingerprint density at radius 3 is 2.73 bits per heavy atom. The molecule has 0 saturated carbocycles. The Hall–Kier alpha value is -0.0900.